The van der Waals surface area contributed by atoms with Gasteiger partial charge in [-0.3, -0.25) is 9.63 Å². The van der Waals surface area contributed by atoms with E-state index in [0.717, 1.165) is 6.42 Å². The summed E-state index contributed by atoms with van der Waals surface area (Å²) in [6.07, 6.45) is 1.56. The molecule has 0 spiro atoms. The molecule has 3 unspecified atom stereocenters. The van der Waals surface area contributed by atoms with Crippen LogP contribution in [0, 0.1) is 0 Å². The molecule has 0 aliphatic carbocycles. The van der Waals surface area contributed by atoms with Gasteiger partial charge in [0.25, 0.3) is 0 Å². The maximum Gasteiger partial charge on any atom is 0.337 e. The van der Waals surface area contributed by atoms with Crippen molar-refractivity contribution in [1.82, 2.24) is 5.06 Å². The van der Waals surface area contributed by atoms with Gasteiger partial charge < -0.3 is 9.47 Å². The Morgan fingerprint density at radius 1 is 1.19 bits per heavy atom. The van der Waals surface area contributed by atoms with Crippen LogP contribution in [0.25, 0.3) is 0 Å². The lowest BCUT2D eigenvalue weighted by molar-refractivity contribution is -0.201. The topological polar surface area (TPSA) is 65.1 Å². The second-order valence-corrected chi connectivity index (χ2v) is 3.98. The average Bonchev–Trinajstić information content (AvgIpc) is 2.86. The summed E-state index contributed by atoms with van der Waals surface area (Å²) < 4.78 is 9.30. The summed E-state index contributed by atoms with van der Waals surface area (Å²) in [6, 6.07) is -0.266. The van der Waals surface area contributed by atoms with Crippen molar-refractivity contribution in [3.63, 3.8) is 0 Å². The molecule has 90 valence electrons. The second-order valence-electron chi connectivity index (χ2n) is 3.98. The molecule has 3 atom stereocenters. The molecule has 2 aliphatic heterocycles. The number of nitrogens with zero attached hydrogens (tertiary/aromatic N) is 1. The molecule has 0 N–H and O–H groups in total. The average molecular weight is 229 g/mol. The van der Waals surface area contributed by atoms with E-state index >= 15 is 0 Å². The lowest BCUT2D eigenvalue weighted by Gasteiger charge is -2.20. The van der Waals surface area contributed by atoms with Gasteiger partial charge in [0.15, 0.2) is 6.10 Å². The summed E-state index contributed by atoms with van der Waals surface area (Å²) in [5, 5.41) is 1.59. The Hall–Kier alpha value is -1.14. The van der Waals surface area contributed by atoms with Gasteiger partial charge in [-0.25, -0.2) is 4.79 Å². The van der Waals surface area contributed by atoms with E-state index in [1.807, 2.05) is 0 Å². The van der Waals surface area contributed by atoms with E-state index in [1.54, 1.807) is 5.06 Å². The molecule has 2 fully saturated rings. The molecule has 0 aromatic carbocycles. The molecule has 0 bridgehead atoms. The van der Waals surface area contributed by atoms with Gasteiger partial charge in [0.05, 0.1) is 14.2 Å². The highest BCUT2D eigenvalue weighted by molar-refractivity contribution is 5.77. The molecule has 0 amide bonds. The minimum atomic E-state index is -0.581. The van der Waals surface area contributed by atoms with Crippen LogP contribution in [0.15, 0.2) is 0 Å². The van der Waals surface area contributed by atoms with Crippen molar-refractivity contribution in [2.75, 3.05) is 14.2 Å². The molecule has 0 saturated carbocycles. The molecule has 2 aliphatic rings. The van der Waals surface area contributed by atoms with E-state index in [9.17, 15) is 9.59 Å². The standard InChI is InChI=1S/C10H15NO5/c1-14-9(12)7-4-3-6-5-8(10(13)15-2)16-11(6)7/h6-8H,3-5H2,1-2H3. The molecule has 16 heavy (non-hydrogen) atoms. The van der Waals surface area contributed by atoms with Gasteiger partial charge in [-0.2, -0.15) is 5.06 Å². The fourth-order valence-electron chi connectivity index (χ4n) is 2.31. The van der Waals surface area contributed by atoms with Crippen molar-refractivity contribution in [2.45, 2.75) is 37.5 Å². The zero-order valence-electron chi connectivity index (χ0n) is 9.34. The number of hydroxylamine groups is 2. The summed E-state index contributed by atoms with van der Waals surface area (Å²) >= 11 is 0. The van der Waals surface area contributed by atoms with E-state index in [2.05, 4.69) is 9.47 Å². The molecule has 2 heterocycles. The maximum atomic E-state index is 11.4. The van der Waals surface area contributed by atoms with Crippen molar-refractivity contribution in [3.05, 3.63) is 0 Å². The highest BCUT2D eigenvalue weighted by Crippen LogP contribution is 2.35. The fraction of sp³-hybridized carbons (Fsp3) is 0.800. The first kappa shape index (κ1) is 11.3. The number of esters is 2. The fourth-order valence-corrected chi connectivity index (χ4v) is 2.31. The largest absolute Gasteiger partial charge is 0.468 e. The Bertz CT molecular complexity index is 306. The third kappa shape index (κ3) is 1.78. The van der Waals surface area contributed by atoms with Crippen LogP contribution in [0.1, 0.15) is 19.3 Å². The van der Waals surface area contributed by atoms with Crippen LogP contribution in [-0.2, 0) is 23.9 Å². The third-order valence-electron chi connectivity index (χ3n) is 3.11. The lowest BCUT2D eigenvalue weighted by atomic mass is 10.1. The molecule has 6 heteroatoms. The zero-order valence-corrected chi connectivity index (χ0v) is 9.34. The van der Waals surface area contributed by atoms with Crippen molar-refractivity contribution in [2.24, 2.45) is 0 Å². The molecule has 0 aromatic heterocycles. The molecule has 0 radical (unpaired) electrons. The van der Waals surface area contributed by atoms with Crippen LogP contribution in [-0.4, -0.2) is 49.4 Å². The van der Waals surface area contributed by atoms with Crippen LogP contribution >= 0.6 is 0 Å². The smallest absolute Gasteiger partial charge is 0.337 e. The number of hydrogen-bond acceptors (Lipinski definition) is 6. The van der Waals surface area contributed by atoms with Gasteiger partial charge in [-0.15, -0.1) is 0 Å². The van der Waals surface area contributed by atoms with Gasteiger partial charge in [0.1, 0.15) is 6.04 Å². The van der Waals surface area contributed by atoms with Crippen molar-refractivity contribution in [3.8, 4) is 0 Å². The maximum absolute atomic E-state index is 11.4. The minimum Gasteiger partial charge on any atom is -0.468 e. The third-order valence-corrected chi connectivity index (χ3v) is 3.11. The van der Waals surface area contributed by atoms with E-state index in [-0.39, 0.29) is 18.1 Å². The predicted octanol–water partition coefficient (Wildman–Crippen LogP) is -0.131. The normalized spacial score (nSPS) is 33.5. The van der Waals surface area contributed by atoms with Gasteiger partial charge in [0.2, 0.25) is 0 Å². The van der Waals surface area contributed by atoms with Crippen LogP contribution in [0.5, 0.6) is 0 Å². The first-order valence-electron chi connectivity index (χ1n) is 5.28. The number of carbonyl (C=O) groups excluding carboxylic acids is 2. The molecule has 0 aromatic rings. The highest BCUT2D eigenvalue weighted by atomic mass is 16.7. The Kier molecular flexibility index (Phi) is 3.11. The van der Waals surface area contributed by atoms with Crippen LogP contribution in [0.2, 0.25) is 0 Å². The van der Waals surface area contributed by atoms with Crippen molar-refractivity contribution >= 4 is 11.9 Å². The zero-order chi connectivity index (χ0) is 11.7. The van der Waals surface area contributed by atoms with Crippen LogP contribution < -0.4 is 0 Å². The van der Waals surface area contributed by atoms with Crippen molar-refractivity contribution < 1.29 is 23.9 Å². The molecule has 6 nitrogen and oxygen atoms in total. The molecular formula is C10H15NO5. The highest BCUT2D eigenvalue weighted by Gasteiger charge is 2.48. The SMILES string of the molecule is COC(=O)C1CC2CCC(C(=O)OC)N2O1. The van der Waals surface area contributed by atoms with Gasteiger partial charge >= 0.3 is 11.9 Å². The lowest BCUT2D eigenvalue weighted by Crippen LogP contribution is -2.38. The van der Waals surface area contributed by atoms with E-state index in [1.165, 1.54) is 14.2 Å². The van der Waals surface area contributed by atoms with Crippen LogP contribution in [0.4, 0.5) is 0 Å². The van der Waals surface area contributed by atoms with Gasteiger partial charge in [-0.1, -0.05) is 0 Å². The predicted molar refractivity (Wildman–Crippen MR) is 52.2 cm³/mol. The molecular weight excluding hydrogens is 214 g/mol. The number of carbonyl (C=O) groups is 2. The van der Waals surface area contributed by atoms with Crippen LogP contribution in [0.3, 0.4) is 0 Å². The Balaban J connectivity index is 2.01. The van der Waals surface area contributed by atoms with E-state index in [0.29, 0.717) is 12.8 Å². The van der Waals surface area contributed by atoms with Gasteiger partial charge in [-0.05, 0) is 12.8 Å². The Morgan fingerprint density at radius 2 is 1.88 bits per heavy atom. The summed E-state index contributed by atoms with van der Waals surface area (Å²) in [4.78, 5) is 28.2. The second kappa shape index (κ2) is 4.39. The number of methoxy groups -OCH3 is 2. The summed E-state index contributed by atoms with van der Waals surface area (Å²) in [6.45, 7) is 0. The number of ether oxygens (including phenoxy) is 2. The van der Waals surface area contributed by atoms with E-state index in [4.69, 9.17) is 4.84 Å². The number of rotatable bonds is 2. The quantitative estimate of drug-likeness (QED) is 0.614. The number of hydrogen-bond donors (Lipinski definition) is 0. The first-order chi connectivity index (χ1) is 7.67. The monoisotopic (exact) mass is 229 g/mol. The van der Waals surface area contributed by atoms with Crippen molar-refractivity contribution in [1.29, 1.82) is 0 Å². The summed E-state index contributed by atoms with van der Waals surface area (Å²) in [7, 11) is 2.68. The molecule has 2 rings (SSSR count). The summed E-state index contributed by atoms with van der Waals surface area (Å²) in [5.74, 6) is -0.703. The first-order valence-corrected chi connectivity index (χ1v) is 5.28. The number of fused-ring (bicyclic) bond motifs is 1. The summed E-state index contributed by atoms with van der Waals surface area (Å²) in [5.41, 5.74) is 0. The van der Waals surface area contributed by atoms with E-state index < -0.39 is 12.1 Å². The Morgan fingerprint density at radius 3 is 2.50 bits per heavy atom. The minimum absolute atomic E-state index is 0.119. The Labute approximate surface area is 93.4 Å². The van der Waals surface area contributed by atoms with Gasteiger partial charge in [0, 0.05) is 12.5 Å². The molecule has 2 saturated heterocycles.